The van der Waals surface area contributed by atoms with Gasteiger partial charge in [0, 0.05) is 36.8 Å². The van der Waals surface area contributed by atoms with Crippen molar-refractivity contribution < 1.29 is 17.6 Å². The van der Waals surface area contributed by atoms with Crippen molar-refractivity contribution in [2.45, 2.75) is 26.1 Å². The van der Waals surface area contributed by atoms with E-state index in [1.807, 2.05) is 24.7 Å². The average Bonchev–Trinajstić information content (AvgIpc) is 2.94. The van der Waals surface area contributed by atoms with Gasteiger partial charge in [0.15, 0.2) is 0 Å². The summed E-state index contributed by atoms with van der Waals surface area (Å²) in [4.78, 5) is 2.11. The lowest BCUT2D eigenvalue weighted by Gasteiger charge is -2.23. The summed E-state index contributed by atoms with van der Waals surface area (Å²) in [6.07, 6.45) is -1.67. The zero-order chi connectivity index (χ0) is 20.1. The maximum absolute atomic E-state index is 13.2. The second kappa shape index (κ2) is 6.78. The second-order valence-corrected chi connectivity index (χ2v) is 7.33. The molecule has 0 bridgehead atoms. The molecule has 146 valence electrons. The van der Waals surface area contributed by atoms with Crippen LogP contribution in [-0.2, 0) is 19.1 Å². The van der Waals surface area contributed by atoms with Crippen molar-refractivity contribution in [1.29, 1.82) is 0 Å². The summed E-state index contributed by atoms with van der Waals surface area (Å²) in [6, 6.07) is 10.1. The summed E-state index contributed by atoms with van der Waals surface area (Å²) in [5.74, 6) is -0.303. The lowest BCUT2D eigenvalue weighted by molar-refractivity contribution is -0.137. The predicted octanol–water partition coefficient (Wildman–Crippen LogP) is 5.81. The highest BCUT2D eigenvalue weighted by molar-refractivity contribution is 5.90. The van der Waals surface area contributed by atoms with Crippen molar-refractivity contribution in [3.63, 3.8) is 0 Å². The van der Waals surface area contributed by atoms with Crippen molar-refractivity contribution in [3.05, 3.63) is 70.7 Å². The molecule has 0 amide bonds. The van der Waals surface area contributed by atoms with E-state index < -0.39 is 11.7 Å². The van der Waals surface area contributed by atoms with Gasteiger partial charge < -0.3 is 9.47 Å². The van der Waals surface area contributed by atoms with E-state index >= 15 is 0 Å². The normalized spacial score (nSPS) is 15.9. The first kappa shape index (κ1) is 18.7. The first-order chi connectivity index (χ1) is 13.2. The minimum atomic E-state index is -4.37. The Morgan fingerprint density at radius 1 is 1.07 bits per heavy atom. The van der Waals surface area contributed by atoms with Crippen LogP contribution < -0.4 is 0 Å². The van der Waals surface area contributed by atoms with Crippen LogP contribution in [0.2, 0.25) is 0 Å². The molecule has 0 atom stereocenters. The third kappa shape index (κ3) is 3.33. The number of alkyl halides is 3. The van der Waals surface area contributed by atoms with Gasteiger partial charge in [-0.25, -0.2) is 4.39 Å². The van der Waals surface area contributed by atoms with Crippen LogP contribution in [0.4, 0.5) is 17.6 Å². The van der Waals surface area contributed by atoms with Crippen molar-refractivity contribution >= 4 is 22.7 Å². The zero-order valence-corrected chi connectivity index (χ0v) is 15.6. The van der Waals surface area contributed by atoms with Gasteiger partial charge in [-0.1, -0.05) is 12.1 Å². The van der Waals surface area contributed by atoms with E-state index in [4.69, 9.17) is 0 Å². The van der Waals surface area contributed by atoms with Gasteiger partial charge in [-0.15, -0.1) is 0 Å². The van der Waals surface area contributed by atoms with Crippen LogP contribution in [0.25, 0.3) is 22.7 Å². The molecule has 2 heterocycles. The number of hydrogen-bond acceptors (Lipinski definition) is 1. The van der Waals surface area contributed by atoms with Gasteiger partial charge in [0.2, 0.25) is 0 Å². The van der Waals surface area contributed by atoms with Crippen LogP contribution in [0, 0.1) is 5.82 Å². The fraction of sp³-hybridized carbons (Fsp3) is 0.273. The molecule has 3 aromatic rings. The Kier molecular flexibility index (Phi) is 4.54. The Morgan fingerprint density at radius 2 is 1.79 bits per heavy atom. The predicted molar refractivity (Wildman–Crippen MR) is 103 cm³/mol. The molecule has 0 saturated carbocycles. The van der Waals surface area contributed by atoms with E-state index in [0.29, 0.717) is 11.9 Å². The monoisotopic (exact) mass is 388 g/mol. The third-order valence-electron chi connectivity index (χ3n) is 5.33. The maximum Gasteiger partial charge on any atom is 0.416 e. The first-order valence-electron chi connectivity index (χ1n) is 9.10. The third-order valence-corrected chi connectivity index (χ3v) is 5.33. The van der Waals surface area contributed by atoms with Crippen LogP contribution in [0.3, 0.4) is 0 Å². The van der Waals surface area contributed by atoms with Crippen LogP contribution in [0.15, 0.2) is 42.5 Å². The second-order valence-electron chi connectivity index (χ2n) is 7.33. The topological polar surface area (TPSA) is 8.17 Å². The molecular weight excluding hydrogens is 368 g/mol. The molecule has 28 heavy (non-hydrogen) atoms. The highest BCUT2D eigenvalue weighted by atomic mass is 19.4. The van der Waals surface area contributed by atoms with Crippen molar-refractivity contribution in [1.82, 2.24) is 9.47 Å². The van der Waals surface area contributed by atoms with Crippen LogP contribution in [-0.4, -0.2) is 23.1 Å². The molecule has 1 aromatic heterocycles. The standard InChI is InChI=1S/C22H20F4N2/c1-14(15-3-6-17(23)7-4-15)12-28-20-8-5-16(22(24,25)26)11-18(20)19-13-27(2)10-9-21(19)28/h3-8,11-12H,9-10,13H2,1-2H3. The van der Waals surface area contributed by atoms with Gasteiger partial charge in [0.05, 0.1) is 11.1 Å². The number of halogens is 4. The minimum absolute atomic E-state index is 0.303. The van der Waals surface area contributed by atoms with Crippen LogP contribution >= 0.6 is 0 Å². The highest BCUT2D eigenvalue weighted by Gasteiger charge is 2.32. The molecule has 0 unspecified atom stereocenters. The maximum atomic E-state index is 13.2. The van der Waals surface area contributed by atoms with Gasteiger partial charge in [0.25, 0.3) is 0 Å². The SMILES string of the molecule is CC(=Cn1c2c(c3cc(C(F)(F)F)ccc31)CN(C)CC2)c1ccc(F)cc1. The smallest absolute Gasteiger partial charge is 0.320 e. The zero-order valence-electron chi connectivity index (χ0n) is 15.6. The molecule has 0 spiro atoms. The number of allylic oxidation sites excluding steroid dienone is 1. The molecule has 0 radical (unpaired) electrons. The Balaban J connectivity index is 1.90. The van der Waals surface area contributed by atoms with Crippen molar-refractivity contribution in [3.8, 4) is 0 Å². The minimum Gasteiger partial charge on any atom is -0.320 e. The van der Waals surface area contributed by atoms with Crippen molar-refractivity contribution in [2.24, 2.45) is 0 Å². The summed E-state index contributed by atoms with van der Waals surface area (Å²) in [7, 11) is 1.97. The Hall–Kier alpha value is -2.60. The van der Waals surface area contributed by atoms with Gasteiger partial charge in [-0.05, 0) is 61.0 Å². The molecule has 0 saturated heterocycles. The Bertz CT molecular complexity index is 1060. The van der Waals surface area contributed by atoms with Gasteiger partial charge in [0.1, 0.15) is 5.82 Å². The lowest BCUT2D eigenvalue weighted by atomic mass is 10.0. The Morgan fingerprint density at radius 3 is 2.46 bits per heavy atom. The van der Waals surface area contributed by atoms with E-state index in [1.54, 1.807) is 18.2 Å². The molecule has 4 rings (SSSR count). The number of hydrogen-bond donors (Lipinski definition) is 0. The molecule has 6 heteroatoms. The molecule has 1 aliphatic rings. The summed E-state index contributed by atoms with van der Waals surface area (Å²) in [5.41, 5.74) is 3.89. The number of nitrogens with zero attached hydrogens (tertiary/aromatic N) is 2. The molecule has 0 aliphatic carbocycles. The van der Waals surface area contributed by atoms with Gasteiger partial charge in [-0.3, -0.25) is 0 Å². The molecular formula is C22H20F4N2. The summed E-state index contributed by atoms with van der Waals surface area (Å²) in [5, 5.41) is 0.638. The molecule has 1 aliphatic heterocycles. The molecule has 2 aromatic carbocycles. The summed E-state index contributed by atoms with van der Waals surface area (Å²) >= 11 is 0. The Labute approximate surface area is 160 Å². The van der Waals surface area contributed by atoms with Crippen LogP contribution in [0.5, 0.6) is 0 Å². The number of aromatic nitrogens is 1. The van der Waals surface area contributed by atoms with Crippen LogP contribution in [0.1, 0.15) is 29.3 Å². The van der Waals surface area contributed by atoms with E-state index in [9.17, 15) is 17.6 Å². The number of fused-ring (bicyclic) bond motifs is 3. The number of rotatable bonds is 2. The van der Waals surface area contributed by atoms with E-state index in [0.717, 1.165) is 46.9 Å². The van der Waals surface area contributed by atoms with Gasteiger partial charge in [-0.2, -0.15) is 13.2 Å². The molecule has 0 fully saturated rings. The van der Waals surface area contributed by atoms with E-state index in [1.165, 1.54) is 18.2 Å². The fourth-order valence-electron chi connectivity index (χ4n) is 3.83. The molecule has 0 N–H and O–H groups in total. The van der Waals surface area contributed by atoms with Crippen molar-refractivity contribution in [2.75, 3.05) is 13.6 Å². The van der Waals surface area contributed by atoms with E-state index in [-0.39, 0.29) is 5.82 Å². The number of likely N-dealkylation sites (N-methyl/N-ethyl adjacent to an activating group) is 1. The first-order valence-corrected chi connectivity index (χ1v) is 9.10. The lowest BCUT2D eigenvalue weighted by Crippen LogP contribution is -2.26. The quantitative estimate of drug-likeness (QED) is 0.504. The largest absolute Gasteiger partial charge is 0.416 e. The summed E-state index contributed by atoms with van der Waals surface area (Å²) < 4.78 is 54.9. The van der Waals surface area contributed by atoms with E-state index in [2.05, 4.69) is 4.90 Å². The average molecular weight is 388 g/mol. The molecule has 2 nitrogen and oxygen atoms in total. The number of benzene rings is 2. The van der Waals surface area contributed by atoms with Gasteiger partial charge >= 0.3 is 6.18 Å². The highest BCUT2D eigenvalue weighted by Crippen LogP contribution is 2.37. The fourth-order valence-corrected chi connectivity index (χ4v) is 3.83. The summed E-state index contributed by atoms with van der Waals surface area (Å²) in [6.45, 7) is 3.38.